The van der Waals surface area contributed by atoms with Gasteiger partial charge in [0.2, 0.25) is 15.0 Å². The van der Waals surface area contributed by atoms with Gasteiger partial charge in [-0.1, -0.05) is 28.1 Å². The smallest absolute Gasteiger partial charge is 0.232 e. The average Bonchev–Trinajstić information content (AvgIpc) is 3.03. The molecule has 5 nitrogen and oxygen atoms in total. The zero-order chi connectivity index (χ0) is 16.6. The molecule has 1 saturated heterocycles. The van der Waals surface area contributed by atoms with Crippen molar-refractivity contribution in [2.45, 2.75) is 6.42 Å². The number of hydrogen-bond acceptors (Lipinski definition) is 5. The maximum Gasteiger partial charge on any atom is 0.232 e. The first kappa shape index (κ1) is 16.9. The van der Waals surface area contributed by atoms with Crippen LogP contribution < -0.4 is 4.90 Å². The molecule has 2 aromatic rings. The molecule has 0 aliphatic carbocycles. The molecule has 0 N–H and O–H groups in total. The molecule has 9 heteroatoms. The van der Waals surface area contributed by atoms with Crippen molar-refractivity contribution >= 4 is 58.0 Å². The van der Waals surface area contributed by atoms with Crippen LogP contribution in [0.4, 0.5) is 5.13 Å². The Morgan fingerprint density at radius 3 is 2.91 bits per heavy atom. The molecule has 1 aromatic heterocycles. The van der Waals surface area contributed by atoms with Crippen molar-refractivity contribution in [1.29, 1.82) is 0 Å². The lowest BCUT2D eigenvalue weighted by molar-refractivity contribution is -0.117. The molecule has 3 rings (SSSR count). The lowest BCUT2D eigenvalue weighted by Gasteiger charge is -2.12. The normalized spacial score (nSPS) is 18.6. The van der Waals surface area contributed by atoms with Gasteiger partial charge in [-0.2, -0.15) is 0 Å². The molecule has 122 valence electrons. The minimum absolute atomic E-state index is 0.120. The average molecular weight is 436 g/mol. The molecule has 1 unspecified atom stereocenters. The van der Waals surface area contributed by atoms with Crippen LogP contribution in [-0.4, -0.2) is 31.6 Å². The van der Waals surface area contributed by atoms with Crippen molar-refractivity contribution in [2.24, 2.45) is 5.92 Å². The Morgan fingerprint density at radius 2 is 2.22 bits per heavy atom. The summed E-state index contributed by atoms with van der Waals surface area (Å²) < 4.78 is 23.3. The second kappa shape index (κ2) is 6.51. The fourth-order valence-corrected chi connectivity index (χ4v) is 5.11. The van der Waals surface area contributed by atoms with Gasteiger partial charge in [0, 0.05) is 45.0 Å². The van der Waals surface area contributed by atoms with Crippen LogP contribution in [0.2, 0.25) is 0 Å². The molecule has 1 aliphatic heterocycles. The van der Waals surface area contributed by atoms with E-state index in [9.17, 15) is 13.2 Å². The molecule has 1 amide bonds. The zero-order valence-electron chi connectivity index (χ0n) is 11.8. The third-order valence-corrected chi connectivity index (χ3v) is 6.09. The van der Waals surface area contributed by atoms with Crippen molar-refractivity contribution in [3.63, 3.8) is 0 Å². The Bertz CT molecular complexity index is 853. The van der Waals surface area contributed by atoms with Gasteiger partial charge in [0.25, 0.3) is 0 Å². The lowest BCUT2D eigenvalue weighted by atomic mass is 10.1. The summed E-state index contributed by atoms with van der Waals surface area (Å²) in [7, 11) is 1.67. The number of thiazole rings is 1. The van der Waals surface area contributed by atoms with E-state index in [-0.39, 0.29) is 24.0 Å². The number of rotatable bonds is 4. The molecule has 1 fully saturated rings. The summed E-state index contributed by atoms with van der Waals surface area (Å²) in [5.41, 5.74) is 1.74. The number of carbonyl (C=O) groups is 1. The maximum absolute atomic E-state index is 12.1. The molecule has 0 radical (unpaired) electrons. The van der Waals surface area contributed by atoms with E-state index in [0.29, 0.717) is 11.7 Å². The third kappa shape index (κ3) is 4.12. The minimum atomic E-state index is -3.61. The standard InChI is InChI=1S/C14H12BrClN2O3S2/c15-11-3-1-2-10(5-11)12-7-22-14(17-12)18-6-9(4-13(18)19)8-23(16,20)21/h1-3,5,7,9H,4,6,8H2. The molecular weight excluding hydrogens is 424 g/mol. The van der Waals surface area contributed by atoms with Crippen LogP contribution in [0, 0.1) is 5.92 Å². The van der Waals surface area contributed by atoms with E-state index in [2.05, 4.69) is 20.9 Å². The number of anilines is 1. The molecule has 23 heavy (non-hydrogen) atoms. The molecular formula is C14H12BrClN2O3S2. The first-order valence-electron chi connectivity index (χ1n) is 6.76. The summed E-state index contributed by atoms with van der Waals surface area (Å²) in [4.78, 5) is 18.2. The summed E-state index contributed by atoms with van der Waals surface area (Å²) >= 11 is 4.79. The first-order valence-corrected chi connectivity index (χ1v) is 10.9. The van der Waals surface area contributed by atoms with Crippen LogP contribution in [0.3, 0.4) is 0 Å². The maximum atomic E-state index is 12.1. The molecule has 1 aliphatic rings. The highest BCUT2D eigenvalue weighted by Gasteiger charge is 2.34. The Morgan fingerprint density at radius 1 is 1.43 bits per heavy atom. The van der Waals surface area contributed by atoms with E-state index in [4.69, 9.17) is 10.7 Å². The first-order chi connectivity index (χ1) is 10.8. The Kier molecular flexibility index (Phi) is 4.78. The molecule has 0 saturated carbocycles. The largest absolute Gasteiger partial charge is 0.288 e. The van der Waals surface area contributed by atoms with E-state index in [1.807, 2.05) is 29.6 Å². The van der Waals surface area contributed by atoms with E-state index < -0.39 is 9.05 Å². The topological polar surface area (TPSA) is 67.3 Å². The third-order valence-electron chi connectivity index (χ3n) is 3.48. The monoisotopic (exact) mass is 434 g/mol. The van der Waals surface area contributed by atoms with E-state index in [1.165, 1.54) is 11.3 Å². The highest BCUT2D eigenvalue weighted by atomic mass is 79.9. The molecule has 1 aromatic carbocycles. The number of nitrogens with zero attached hydrogens (tertiary/aromatic N) is 2. The predicted octanol–water partition coefficient (Wildman–Crippen LogP) is 3.49. The lowest BCUT2D eigenvalue weighted by Crippen LogP contribution is -2.25. The van der Waals surface area contributed by atoms with E-state index in [1.54, 1.807) is 4.90 Å². The molecule has 0 spiro atoms. The summed E-state index contributed by atoms with van der Waals surface area (Å²) in [5, 5.41) is 2.47. The van der Waals surface area contributed by atoms with Gasteiger partial charge in [0.05, 0.1) is 11.4 Å². The Hall–Kier alpha value is -0.960. The second-order valence-electron chi connectivity index (χ2n) is 5.31. The van der Waals surface area contributed by atoms with Crippen molar-refractivity contribution in [2.75, 3.05) is 17.2 Å². The van der Waals surface area contributed by atoms with Gasteiger partial charge in [-0.3, -0.25) is 9.69 Å². The van der Waals surface area contributed by atoms with E-state index >= 15 is 0 Å². The van der Waals surface area contributed by atoms with Crippen molar-refractivity contribution < 1.29 is 13.2 Å². The summed E-state index contributed by atoms with van der Waals surface area (Å²) in [6, 6.07) is 7.74. The number of halogens is 2. The number of carbonyl (C=O) groups excluding carboxylic acids is 1. The SMILES string of the molecule is O=C1CC(CS(=O)(=O)Cl)CN1c1nc(-c2cccc(Br)c2)cs1. The molecule has 0 bridgehead atoms. The predicted molar refractivity (Wildman–Crippen MR) is 95.3 cm³/mol. The van der Waals surface area contributed by atoms with Gasteiger partial charge in [-0.05, 0) is 12.1 Å². The second-order valence-corrected chi connectivity index (χ2v) is 9.88. The van der Waals surface area contributed by atoms with Crippen LogP contribution in [0.15, 0.2) is 34.1 Å². The summed E-state index contributed by atoms with van der Waals surface area (Å²) in [6.45, 7) is 0.330. The molecule has 1 atom stereocenters. The van der Waals surface area contributed by atoms with E-state index in [0.717, 1.165) is 15.7 Å². The fraction of sp³-hybridized carbons (Fsp3) is 0.286. The summed E-state index contributed by atoms with van der Waals surface area (Å²) in [5.74, 6) is -0.602. The van der Waals surface area contributed by atoms with Gasteiger partial charge in [0.1, 0.15) is 0 Å². The minimum Gasteiger partial charge on any atom is -0.288 e. The highest BCUT2D eigenvalue weighted by Crippen LogP contribution is 2.32. The number of benzene rings is 1. The van der Waals surface area contributed by atoms with Gasteiger partial charge >= 0.3 is 0 Å². The number of amides is 1. The fourth-order valence-electron chi connectivity index (χ4n) is 2.53. The quantitative estimate of drug-likeness (QED) is 0.689. The van der Waals surface area contributed by atoms with Crippen LogP contribution >= 0.6 is 37.9 Å². The number of hydrogen-bond donors (Lipinski definition) is 0. The van der Waals surface area contributed by atoms with Gasteiger partial charge < -0.3 is 0 Å². The summed E-state index contributed by atoms with van der Waals surface area (Å²) in [6.07, 6.45) is 0.178. The Balaban J connectivity index is 1.79. The zero-order valence-corrected chi connectivity index (χ0v) is 15.8. The highest BCUT2D eigenvalue weighted by molar-refractivity contribution is 9.10. The van der Waals surface area contributed by atoms with Gasteiger partial charge in [-0.25, -0.2) is 13.4 Å². The van der Waals surface area contributed by atoms with Crippen molar-refractivity contribution in [1.82, 2.24) is 4.98 Å². The van der Waals surface area contributed by atoms with Crippen LogP contribution in [0.25, 0.3) is 11.3 Å². The van der Waals surface area contributed by atoms with Crippen LogP contribution in [0.1, 0.15) is 6.42 Å². The van der Waals surface area contributed by atoms with Gasteiger partial charge in [-0.15, -0.1) is 11.3 Å². The van der Waals surface area contributed by atoms with Crippen LogP contribution in [0.5, 0.6) is 0 Å². The van der Waals surface area contributed by atoms with Crippen molar-refractivity contribution in [3.05, 3.63) is 34.1 Å². The van der Waals surface area contributed by atoms with Crippen LogP contribution in [-0.2, 0) is 13.8 Å². The molecule has 2 heterocycles. The Labute approximate surface area is 150 Å². The van der Waals surface area contributed by atoms with Gasteiger partial charge in [0.15, 0.2) is 5.13 Å². The number of aromatic nitrogens is 1. The van der Waals surface area contributed by atoms with Crippen molar-refractivity contribution in [3.8, 4) is 11.3 Å².